The maximum atomic E-state index is 14.4. The van der Waals surface area contributed by atoms with Gasteiger partial charge in [-0.3, -0.25) is 19.0 Å². The van der Waals surface area contributed by atoms with Gasteiger partial charge in [-0.2, -0.15) is 0 Å². The van der Waals surface area contributed by atoms with Crippen molar-refractivity contribution in [3.8, 4) is 16.9 Å². The number of fused-ring (bicyclic) bond motifs is 1. The predicted octanol–water partition coefficient (Wildman–Crippen LogP) is 8.66. The Bertz CT molecular complexity index is 2280. The minimum absolute atomic E-state index is 0.0470. The normalized spacial score (nSPS) is 15.3. The first-order chi connectivity index (χ1) is 27.2. The molecule has 1 aliphatic carbocycles. The Morgan fingerprint density at radius 2 is 1.76 bits per heavy atom. The number of morpholine rings is 1. The van der Waals surface area contributed by atoms with E-state index in [0.717, 1.165) is 25.3 Å². The van der Waals surface area contributed by atoms with Gasteiger partial charge in [0.25, 0.3) is 11.5 Å². The summed E-state index contributed by atoms with van der Waals surface area (Å²) in [6.07, 6.45) is 10.1. The first-order valence-electron chi connectivity index (χ1n) is 20.0. The third kappa shape index (κ3) is 10.9. The maximum Gasteiger partial charge on any atom is 0.263 e. The van der Waals surface area contributed by atoms with Gasteiger partial charge in [0.05, 0.1) is 52.7 Å². The number of nitrogens with one attached hydrogen (secondary N) is 2. The summed E-state index contributed by atoms with van der Waals surface area (Å²) in [5.74, 6) is 1.18. The lowest BCUT2D eigenvalue weighted by molar-refractivity contribution is -0.116. The average molecular weight is 851 g/mol. The van der Waals surface area contributed by atoms with Gasteiger partial charge >= 0.3 is 0 Å². The van der Waals surface area contributed by atoms with E-state index in [-0.39, 0.29) is 39.9 Å². The highest BCUT2D eigenvalue weighted by Gasteiger charge is 2.30. The third-order valence-corrected chi connectivity index (χ3v) is 12.4. The number of nitrogens with zero attached hydrogens (tertiary/aromatic N) is 5. The molecule has 1 aliphatic heterocycles. The summed E-state index contributed by atoms with van der Waals surface area (Å²) in [5.41, 5.74) is 1.08. The van der Waals surface area contributed by atoms with Gasteiger partial charge in [0.1, 0.15) is 23.8 Å². The lowest BCUT2D eigenvalue weighted by Gasteiger charge is -2.33. The number of pyridine rings is 1. The average Bonchev–Trinajstić information content (AvgIpc) is 3.89. The fourth-order valence-corrected chi connectivity index (χ4v) is 8.57. The number of amides is 2. The van der Waals surface area contributed by atoms with Crippen LogP contribution in [0, 0.1) is 11.3 Å². The summed E-state index contributed by atoms with van der Waals surface area (Å²) in [5, 5.41) is 6.99. The van der Waals surface area contributed by atoms with E-state index < -0.39 is 13.6 Å². The number of aromatic nitrogens is 4. The predicted molar refractivity (Wildman–Crippen MR) is 237 cm³/mol. The Balaban J connectivity index is 1.43. The highest BCUT2D eigenvalue weighted by Crippen LogP contribution is 2.39. The van der Waals surface area contributed by atoms with Gasteiger partial charge < -0.3 is 29.6 Å². The van der Waals surface area contributed by atoms with E-state index in [0.29, 0.717) is 89.1 Å². The molecule has 3 aromatic heterocycles. The van der Waals surface area contributed by atoms with Crippen molar-refractivity contribution in [1.29, 1.82) is 0 Å². The van der Waals surface area contributed by atoms with Crippen LogP contribution in [0.2, 0.25) is 35.7 Å². The van der Waals surface area contributed by atoms with Gasteiger partial charge in [0, 0.05) is 51.6 Å². The summed E-state index contributed by atoms with van der Waals surface area (Å²) in [4.78, 5) is 54.0. The van der Waals surface area contributed by atoms with Crippen molar-refractivity contribution in [1.82, 2.24) is 24.4 Å². The third-order valence-electron chi connectivity index (χ3n) is 10.2. The number of carbonyl (C=O) groups is 2. The molecule has 1 aromatic carbocycles. The van der Waals surface area contributed by atoms with E-state index in [1.165, 1.54) is 10.8 Å². The lowest BCUT2D eigenvalue weighted by atomic mass is 9.81. The molecule has 312 valence electrons. The van der Waals surface area contributed by atoms with E-state index in [2.05, 4.69) is 67.0 Å². The van der Waals surface area contributed by atoms with Crippen LogP contribution in [0.4, 0.5) is 11.5 Å². The largest absolute Gasteiger partial charge is 0.491 e. The molecular formula is C43H57Cl2N7O5Si. The van der Waals surface area contributed by atoms with E-state index in [1.807, 2.05) is 19.9 Å². The van der Waals surface area contributed by atoms with Crippen molar-refractivity contribution >= 4 is 71.7 Å². The van der Waals surface area contributed by atoms with Crippen molar-refractivity contribution < 1.29 is 19.1 Å². The van der Waals surface area contributed by atoms with Crippen LogP contribution in [-0.4, -0.2) is 77.4 Å². The minimum Gasteiger partial charge on any atom is -0.491 e. The molecule has 4 aromatic rings. The first kappa shape index (κ1) is 43.4. The van der Waals surface area contributed by atoms with Gasteiger partial charge in [-0.1, -0.05) is 69.7 Å². The lowest BCUT2D eigenvalue weighted by Crippen LogP contribution is -2.46. The van der Waals surface area contributed by atoms with E-state index >= 15 is 0 Å². The standard InChI is InChI=1S/C43H57Cl2N7O5Si/c1-42(2,3)26-43(4,5)49-40(54)29-20-28(21-31(44)38(29)57-18-19-58(7,8)9)30-24-52(39-37(30)41(55)50(6)34(48-39)13-12-27-10-11-27)25-36(53)47-33-22-35(46-23-32(33)45)51-14-16-56-17-15-51/h12-13,20-24,27H,10-11,14-19,25-26H2,1-9H3,(H,49,54)(H,46,47,53)/b13-12+. The number of ether oxygens (including phenoxy) is 2. The number of rotatable bonds is 14. The van der Waals surface area contributed by atoms with Crippen LogP contribution in [0.5, 0.6) is 5.75 Å². The number of halogens is 2. The van der Waals surface area contributed by atoms with Gasteiger partial charge in [-0.25, -0.2) is 9.97 Å². The summed E-state index contributed by atoms with van der Waals surface area (Å²) in [6, 6.07) is 6.06. The highest BCUT2D eigenvalue weighted by atomic mass is 35.5. The monoisotopic (exact) mass is 849 g/mol. The Kier molecular flexibility index (Phi) is 12.9. The number of hydrogen-bond donors (Lipinski definition) is 2. The number of carbonyl (C=O) groups excluding carboxylic acids is 2. The molecule has 15 heteroatoms. The fourth-order valence-electron chi connectivity index (χ4n) is 7.43. The molecule has 58 heavy (non-hydrogen) atoms. The second-order valence-electron chi connectivity index (χ2n) is 18.6. The van der Waals surface area contributed by atoms with E-state index in [1.54, 1.807) is 36.0 Å². The minimum atomic E-state index is -1.48. The zero-order valence-electron chi connectivity index (χ0n) is 35.2. The van der Waals surface area contributed by atoms with Gasteiger partial charge in [0.15, 0.2) is 5.75 Å². The van der Waals surface area contributed by atoms with Crippen molar-refractivity contribution in [3.05, 3.63) is 68.5 Å². The summed E-state index contributed by atoms with van der Waals surface area (Å²) >= 11 is 13.6. The topological polar surface area (TPSA) is 133 Å². The Morgan fingerprint density at radius 3 is 2.41 bits per heavy atom. The molecule has 12 nitrogen and oxygen atoms in total. The molecule has 0 spiro atoms. The first-order valence-corrected chi connectivity index (χ1v) is 24.5. The van der Waals surface area contributed by atoms with Crippen LogP contribution in [0.3, 0.4) is 0 Å². The molecule has 2 amide bonds. The molecule has 0 unspecified atom stereocenters. The number of anilines is 2. The molecular weight excluding hydrogens is 794 g/mol. The van der Waals surface area contributed by atoms with Crippen LogP contribution in [0.25, 0.3) is 28.2 Å². The zero-order chi connectivity index (χ0) is 42.2. The second-order valence-corrected chi connectivity index (χ2v) is 25.1. The van der Waals surface area contributed by atoms with E-state index in [4.69, 9.17) is 37.7 Å². The highest BCUT2D eigenvalue weighted by molar-refractivity contribution is 6.76. The fraction of sp³-hybridized carbons (Fsp3) is 0.512. The molecule has 2 aliphatic rings. The second kappa shape index (κ2) is 17.2. The van der Waals surface area contributed by atoms with Crippen LogP contribution < -0.4 is 25.8 Å². The van der Waals surface area contributed by atoms with Crippen molar-refractivity contribution in [2.45, 2.75) is 91.6 Å². The molecule has 2 fully saturated rings. The molecule has 1 saturated heterocycles. The summed E-state index contributed by atoms with van der Waals surface area (Å²) in [7, 11) is 0.208. The number of hydrogen-bond acceptors (Lipinski definition) is 8. The van der Waals surface area contributed by atoms with Crippen molar-refractivity contribution in [2.75, 3.05) is 43.1 Å². The number of benzene rings is 1. The maximum absolute atomic E-state index is 14.4. The van der Waals surface area contributed by atoms with Crippen molar-refractivity contribution in [2.24, 2.45) is 18.4 Å². The van der Waals surface area contributed by atoms with Gasteiger partial charge in [0.2, 0.25) is 5.91 Å². The molecule has 6 rings (SSSR count). The Morgan fingerprint density at radius 1 is 1.05 bits per heavy atom. The zero-order valence-corrected chi connectivity index (χ0v) is 37.7. The Labute approximate surface area is 352 Å². The van der Waals surface area contributed by atoms with Crippen LogP contribution in [0.1, 0.15) is 70.1 Å². The molecule has 2 N–H and O–H groups in total. The van der Waals surface area contributed by atoms with Gasteiger partial charge in [-0.15, -0.1) is 0 Å². The molecule has 0 radical (unpaired) electrons. The smallest absolute Gasteiger partial charge is 0.263 e. The quantitative estimate of drug-likeness (QED) is 0.121. The number of allylic oxidation sites excluding steroid dienone is 1. The summed E-state index contributed by atoms with van der Waals surface area (Å²) < 4.78 is 15.0. The summed E-state index contributed by atoms with van der Waals surface area (Å²) in [6.45, 7) is 19.9. The molecule has 1 saturated carbocycles. The van der Waals surface area contributed by atoms with Crippen LogP contribution in [0.15, 0.2) is 41.5 Å². The molecule has 0 bridgehead atoms. The van der Waals surface area contributed by atoms with Crippen LogP contribution in [-0.2, 0) is 23.1 Å². The van der Waals surface area contributed by atoms with E-state index in [9.17, 15) is 14.4 Å². The SMILES string of the molecule is Cn1c(/C=C/C2CC2)nc2c(c(-c3cc(Cl)c(OCC[Si](C)(C)C)c(C(=O)NC(C)(C)CC(C)(C)C)c3)cn2CC(=O)Nc2cc(N3CCOCC3)ncc2Cl)c1=O. The molecule has 0 atom stereocenters. The molecule has 4 heterocycles. The van der Waals surface area contributed by atoms with Crippen LogP contribution >= 0.6 is 23.2 Å². The van der Waals surface area contributed by atoms with Crippen molar-refractivity contribution in [3.63, 3.8) is 0 Å². The van der Waals surface area contributed by atoms with Gasteiger partial charge in [-0.05, 0) is 74.3 Å². The Hall–Kier alpha value is -4.17.